The van der Waals surface area contributed by atoms with E-state index in [1.165, 1.54) is 18.2 Å². The van der Waals surface area contributed by atoms with Crippen LogP contribution in [0.2, 0.25) is 0 Å². The molecule has 0 fully saturated rings. The van der Waals surface area contributed by atoms with Gasteiger partial charge in [0.15, 0.2) is 0 Å². The summed E-state index contributed by atoms with van der Waals surface area (Å²) in [6.07, 6.45) is -4.19. The highest BCUT2D eigenvalue weighted by Gasteiger charge is 2.38. The molecule has 1 aromatic carbocycles. The third-order valence-electron chi connectivity index (χ3n) is 2.52. The van der Waals surface area contributed by atoms with Crippen LogP contribution in [0.4, 0.5) is 24.5 Å². The molecular weight excluding hydrogens is 249 g/mol. The number of halogens is 3. The van der Waals surface area contributed by atoms with Crippen molar-refractivity contribution >= 4 is 23.2 Å². The maximum absolute atomic E-state index is 12.1. The second kappa shape index (κ2) is 4.32. The summed E-state index contributed by atoms with van der Waals surface area (Å²) in [5.74, 6) is -2.14. The Balaban J connectivity index is 2.17. The van der Waals surface area contributed by atoms with Gasteiger partial charge in [-0.25, -0.2) is 0 Å². The van der Waals surface area contributed by atoms with E-state index in [0.29, 0.717) is 17.7 Å². The third-order valence-corrected chi connectivity index (χ3v) is 2.52. The standard InChI is InChI=1S/C11H9F3N2O2/c12-11(13,14)10(18)15-7-2-3-8-6(5-7)1-4-9(17)16-8/h2-3,5H,1,4H2,(H,15,18)(H,16,17). The Hall–Kier alpha value is -2.05. The Bertz CT molecular complexity index is 512. The molecule has 7 heteroatoms. The van der Waals surface area contributed by atoms with Gasteiger partial charge in [0.05, 0.1) is 0 Å². The Labute approximate surface area is 100 Å². The molecule has 1 aliphatic rings. The molecule has 0 radical (unpaired) electrons. The van der Waals surface area contributed by atoms with Gasteiger partial charge in [-0.15, -0.1) is 0 Å². The SMILES string of the molecule is O=C1CCc2cc(NC(=O)C(F)(F)F)ccc2N1. The number of aryl methyl sites for hydroxylation is 1. The van der Waals surface area contributed by atoms with Crippen LogP contribution in [0.25, 0.3) is 0 Å². The predicted molar refractivity (Wildman–Crippen MR) is 58.1 cm³/mol. The van der Waals surface area contributed by atoms with Crippen LogP contribution in [0, 0.1) is 0 Å². The third kappa shape index (κ3) is 2.61. The number of carbonyl (C=O) groups is 2. The van der Waals surface area contributed by atoms with Crippen LogP contribution in [0.3, 0.4) is 0 Å². The Morgan fingerprint density at radius 2 is 2.00 bits per heavy atom. The fourth-order valence-corrected chi connectivity index (χ4v) is 1.66. The molecule has 1 aromatic rings. The monoisotopic (exact) mass is 258 g/mol. The number of nitrogens with one attached hydrogen (secondary N) is 2. The highest BCUT2D eigenvalue weighted by atomic mass is 19.4. The van der Waals surface area contributed by atoms with E-state index in [1.54, 1.807) is 5.32 Å². The van der Waals surface area contributed by atoms with Crippen molar-refractivity contribution in [1.29, 1.82) is 0 Å². The van der Waals surface area contributed by atoms with E-state index in [-0.39, 0.29) is 18.0 Å². The number of fused-ring (bicyclic) bond motifs is 1. The molecule has 1 heterocycles. The molecule has 18 heavy (non-hydrogen) atoms. The zero-order chi connectivity index (χ0) is 13.3. The van der Waals surface area contributed by atoms with Crippen LogP contribution < -0.4 is 10.6 Å². The van der Waals surface area contributed by atoms with E-state index in [4.69, 9.17) is 0 Å². The first-order chi connectivity index (χ1) is 8.36. The fourth-order valence-electron chi connectivity index (χ4n) is 1.66. The summed E-state index contributed by atoms with van der Waals surface area (Å²) in [4.78, 5) is 21.8. The minimum Gasteiger partial charge on any atom is -0.326 e. The molecule has 2 amide bonds. The lowest BCUT2D eigenvalue weighted by atomic mass is 10.0. The van der Waals surface area contributed by atoms with Crippen LogP contribution in [0.1, 0.15) is 12.0 Å². The van der Waals surface area contributed by atoms with Gasteiger partial charge in [-0.05, 0) is 30.2 Å². The number of alkyl halides is 3. The number of hydrogen-bond donors (Lipinski definition) is 2. The molecule has 1 aliphatic heterocycles. The molecule has 0 spiro atoms. The summed E-state index contributed by atoms with van der Waals surface area (Å²) in [6.45, 7) is 0. The van der Waals surface area contributed by atoms with E-state index in [1.807, 2.05) is 0 Å². The van der Waals surface area contributed by atoms with Crippen molar-refractivity contribution in [2.75, 3.05) is 10.6 Å². The number of amides is 2. The lowest BCUT2D eigenvalue weighted by Crippen LogP contribution is -2.30. The van der Waals surface area contributed by atoms with Gasteiger partial charge < -0.3 is 10.6 Å². The number of carbonyl (C=O) groups excluding carboxylic acids is 2. The average molecular weight is 258 g/mol. The fraction of sp³-hybridized carbons (Fsp3) is 0.273. The molecular formula is C11H9F3N2O2. The lowest BCUT2D eigenvalue weighted by Gasteiger charge is -2.18. The maximum Gasteiger partial charge on any atom is 0.471 e. The van der Waals surface area contributed by atoms with Gasteiger partial charge in [-0.3, -0.25) is 9.59 Å². The Morgan fingerprint density at radius 3 is 2.67 bits per heavy atom. The molecule has 0 saturated heterocycles. The molecule has 0 aromatic heterocycles. The molecule has 2 rings (SSSR count). The summed E-state index contributed by atoms with van der Waals surface area (Å²) in [6, 6.07) is 4.21. The summed E-state index contributed by atoms with van der Waals surface area (Å²) in [5.41, 5.74) is 1.33. The van der Waals surface area contributed by atoms with Crippen LogP contribution >= 0.6 is 0 Å². The van der Waals surface area contributed by atoms with Gasteiger partial charge in [0, 0.05) is 17.8 Å². The van der Waals surface area contributed by atoms with Gasteiger partial charge in [0.2, 0.25) is 5.91 Å². The zero-order valence-corrected chi connectivity index (χ0v) is 9.10. The van der Waals surface area contributed by atoms with Crippen molar-refractivity contribution in [3.05, 3.63) is 23.8 Å². The quantitative estimate of drug-likeness (QED) is 0.810. The van der Waals surface area contributed by atoms with Gasteiger partial charge in [-0.2, -0.15) is 13.2 Å². The number of benzene rings is 1. The van der Waals surface area contributed by atoms with Gasteiger partial charge in [-0.1, -0.05) is 0 Å². The normalized spacial score (nSPS) is 14.7. The van der Waals surface area contributed by atoms with E-state index < -0.39 is 12.1 Å². The Kier molecular flexibility index (Phi) is 2.98. The van der Waals surface area contributed by atoms with Crippen LogP contribution in [0.5, 0.6) is 0 Å². The largest absolute Gasteiger partial charge is 0.471 e. The first-order valence-electron chi connectivity index (χ1n) is 5.17. The summed E-state index contributed by atoms with van der Waals surface area (Å²) >= 11 is 0. The molecule has 2 N–H and O–H groups in total. The highest BCUT2D eigenvalue weighted by Crippen LogP contribution is 2.26. The minimum absolute atomic E-state index is 0.0622. The van der Waals surface area contributed by atoms with E-state index in [9.17, 15) is 22.8 Å². The first kappa shape index (κ1) is 12.4. The zero-order valence-electron chi connectivity index (χ0n) is 9.10. The van der Waals surface area contributed by atoms with Gasteiger partial charge in [0.25, 0.3) is 0 Å². The smallest absolute Gasteiger partial charge is 0.326 e. The summed E-state index contributed by atoms with van der Waals surface area (Å²) < 4.78 is 36.2. The topological polar surface area (TPSA) is 58.2 Å². The maximum atomic E-state index is 12.1. The second-order valence-electron chi connectivity index (χ2n) is 3.87. The van der Waals surface area contributed by atoms with Crippen LogP contribution in [0.15, 0.2) is 18.2 Å². The first-order valence-corrected chi connectivity index (χ1v) is 5.17. The molecule has 0 unspecified atom stereocenters. The van der Waals surface area contributed by atoms with Crippen molar-refractivity contribution in [2.24, 2.45) is 0 Å². The van der Waals surface area contributed by atoms with Crippen molar-refractivity contribution in [3.63, 3.8) is 0 Å². The molecule has 0 saturated carbocycles. The number of anilines is 2. The predicted octanol–water partition coefficient (Wildman–Crippen LogP) is 2.07. The van der Waals surface area contributed by atoms with Crippen LogP contribution in [-0.2, 0) is 16.0 Å². The van der Waals surface area contributed by atoms with E-state index in [2.05, 4.69) is 5.32 Å². The highest BCUT2D eigenvalue weighted by molar-refractivity contribution is 5.97. The number of rotatable bonds is 1. The van der Waals surface area contributed by atoms with E-state index >= 15 is 0 Å². The number of hydrogen-bond acceptors (Lipinski definition) is 2. The lowest BCUT2D eigenvalue weighted by molar-refractivity contribution is -0.167. The Morgan fingerprint density at radius 1 is 1.28 bits per heavy atom. The molecule has 96 valence electrons. The molecule has 0 aliphatic carbocycles. The summed E-state index contributed by atoms with van der Waals surface area (Å²) in [5, 5.41) is 4.36. The molecule has 0 bridgehead atoms. The molecule has 0 atom stereocenters. The van der Waals surface area contributed by atoms with Crippen LogP contribution in [-0.4, -0.2) is 18.0 Å². The summed E-state index contributed by atoms with van der Waals surface area (Å²) in [7, 11) is 0. The molecule has 4 nitrogen and oxygen atoms in total. The van der Waals surface area contributed by atoms with E-state index in [0.717, 1.165) is 0 Å². The van der Waals surface area contributed by atoms with Crippen molar-refractivity contribution in [3.8, 4) is 0 Å². The van der Waals surface area contributed by atoms with Gasteiger partial charge >= 0.3 is 12.1 Å². The van der Waals surface area contributed by atoms with Crippen molar-refractivity contribution < 1.29 is 22.8 Å². The van der Waals surface area contributed by atoms with Gasteiger partial charge in [0.1, 0.15) is 0 Å². The average Bonchev–Trinajstić information content (AvgIpc) is 2.28. The second-order valence-corrected chi connectivity index (χ2v) is 3.87. The van der Waals surface area contributed by atoms with Crippen molar-refractivity contribution in [2.45, 2.75) is 19.0 Å². The van der Waals surface area contributed by atoms with Crippen molar-refractivity contribution in [1.82, 2.24) is 0 Å². The minimum atomic E-state index is -4.91.